The quantitative estimate of drug-likeness (QED) is 0.728. The van der Waals surface area contributed by atoms with Gasteiger partial charge in [-0.25, -0.2) is 0 Å². The number of aldehydes is 1. The van der Waals surface area contributed by atoms with Crippen LogP contribution in [0.15, 0.2) is 30.3 Å². The van der Waals surface area contributed by atoms with Crippen molar-refractivity contribution in [3.05, 3.63) is 48.5 Å². The van der Waals surface area contributed by atoms with Crippen LogP contribution in [0.5, 0.6) is 0 Å². The number of carbonyl (C=O) groups excluding carboxylic acids is 1. The minimum Gasteiger partial charge on any atom is -0.298 e. The highest BCUT2D eigenvalue weighted by molar-refractivity contribution is 5.86. The number of nitrogens with zero attached hydrogens (tertiary/aromatic N) is 1. The molecule has 1 heterocycles. The van der Waals surface area contributed by atoms with Crippen molar-refractivity contribution >= 4 is 6.29 Å². The van der Waals surface area contributed by atoms with Gasteiger partial charge in [-0.3, -0.25) is 9.89 Å². The van der Waals surface area contributed by atoms with E-state index >= 15 is 0 Å². The van der Waals surface area contributed by atoms with E-state index in [0.717, 1.165) is 23.2 Å². The van der Waals surface area contributed by atoms with Gasteiger partial charge in [-0.2, -0.15) is 5.10 Å². The van der Waals surface area contributed by atoms with Gasteiger partial charge < -0.3 is 0 Å². The Hall–Kier alpha value is -1.90. The predicted molar refractivity (Wildman–Crippen MR) is 53.9 cm³/mol. The number of nitrogens with one attached hydrogen (secondary N) is 1. The largest absolute Gasteiger partial charge is 0.298 e. The minimum atomic E-state index is 0.638. The molecule has 3 heteroatoms. The highest BCUT2D eigenvalue weighted by Gasteiger charge is 2.05. The van der Waals surface area contributed by atoms with Gasteiger partial charge in [0, 0.05) is 16.8 Å². The molecule has 0 atom stereocenters. The molecule has 1 aromatic carbocycles. The molecule has 0 bridgehead atoms. The van der Waals surface area contributed by atoms with E-state index < -0.39 is 0 Å². The number of H-pyrrole nitrogens is 1. The fourth-order valence-corrected chi connectivity index (χ4v) is 1.33. The third kappa shape index (κ3) is 1.44. The van der Waals surface area contributed by atoms with Crippen LogP contribution in [-0.2, 0) is 0 Å². The number of hydrogen-bond acceptors (Lipinski definition) is 2. The fourth-order valence-electron chi connectivity index (χ4n) is 1.33. The average Bonchev–Trinajstić information content (AvgIpc) is 2.65. The van der Waals surface area contributed by atoms with Gasteiger partial charge in [0.15, 0.2) is 6.29 Å². The second-order valence-electron chi connectivity index (χ2n) is 2.98. The Labute approximate surface area is 81.8 Å². The molecule has 69 valence electrons. The molecule has 2 rings (SSSR count). The fraction of sp³-hybridized carbons (Fsp3) is 0. The molecule has 0 saturated heterocycles. The molecule has 3 nitrogen and oxygen atoms in total. The summed E-state index contributed by atoms with van der Waals surface area (Å²) in [6.07, 6.45) is 0.826. The van der Waals surface area contributed by atoms with Crippen LogP contribution in [0, 0.1) is 6.92 Å². The first-order valence-electron chi connectivity index (χ1n) is 4.23. The Morgan fingerprint density at radius 3 is 2.79 bits per heavy atom. The van der Waals surface area contributed by atoms with E-state index in [1.807, 2.05) is 24.3 Å². The molecule has 1 N–H and O–H groups in total. The summed E-state index contributed by atoms with van der Waals surface area (Å²) in [5.41, 5.74) is 2.95. The first kappa shape index (κ1) is 8.69. The number of hydrogen-bond donors (Lipinski definition) is 1. The lowest BCUT2D eigenvalue weighted by atomic mass is 10.1. The highest BCUT2D eigenvalue weighted by atomic mass is 16.1. The summed E-state index contributed by atoms with van der Waals surface area (Å²) in [7, 11) is 0. The van der Waals surface area contributed by atoms with E-state index in [-0.39, 0.29) is 0 Å². The van der Waals surface area contributed by atoms with Gasteiger partial charge in [0.2, 0.25) is 0 Å². The van der Waals surface area contributed by atoms with Gasteiger partial charge >= 0.3 is 0 Å². The molecule has 0 aliphatic heterocycles. The molecule has 1 radical (unpaired) electrons. The van der Waals surface area contributed by atoms with Crippen LogP contribution in [0.3, 0.4) is 0 Å². The van der Waals surface area contributed by atoms with E-state index in [4.69, 9.17) is 0 Å². The molecular formula is C11H9N2O. The van der Waals surface area contributed by atoms with Crippen molar-refractivity contribution < 1.29 is 4.79 Å². The molecular weight excluding hydrogens is 176 g/mol. The number of carbonyl (C=O) groups is 1. The van der Waals surface area contributed by atoms with Gasteiger partial charge in [0.05, 0.1) is 5.69 Å². The Kier molecular flexibility index (Phi) is 2.14. The SMILES string of the molecule is [CH2]c1cc(-c2ccccc2C=O)n[nH]1. The molecule has 0 aliphatic rings. The summed E-state index contributed by atoms with van der Waals surface area (Å²) in [4.78, 5) is 10.8. The van der Waals surface area contributed by atoms with Crippen LogP contribution in [0.4, 0.5) is 0 Å². The van der Waals surface area contributed by atoms with Gasteiger partial charge in [0.1, 0.15) is 0 Å². The molecule has 0 spiro atoms. The third-order valence-corrected chi connectivity index (χ3v) is 1.99. The lowest BCUT2D eigenvalue weighted by Gasteiger charge is -1.98. The van der Waals surface area contributed by atoms with E-state index in [9.17, 15) is 4.79 Å². The van der Waals surface area contributed by atoms with Gasteiger partial charge in [0.25, 0.3) is 0 Å². The van der Waals surface area contributed by atoms with E-state index in [1.165, 1.54) is 0 Å². The molecule has 2 aromatic rings. The lowest BCUT2D eigenvalue weighted by Crippen LogP contribution is -1.86. The van der Waals surface area contributed by atoms with E-state index in [1.54, 1.807) is 6.07 Å². The predicted octanol–water partition coefficient (Wildman–Crippen LogP) is 2.07. The van der Waals surface area contributed by atoms with Crippen LogP contribution < -0.4 is 0 Å². The maximum absolute atomic E-state index is 10.8. The Morgan fingerprint density at radius 2 is 2.14 bits per heavy atom. The van der Waals surface area contributed by atoms with Crippen molar-refractivity contribution in [1.82, 2.24) is 10.2 Å². The molecule has 0 saturated carbocycles. The first-order valence-corrected chi connectivity index (χ1v) is 4.23. The molecule has 1 aromatic heterocycles. The molecule has 0 aliphatic carbocycles. The summed E-state index contributed by atoms with van der Waals surface area (Å²) < 4.78 is 0. The normalized spacial score (nSPS) is 10.1. The zero-order chi connectivity index (χ0) is 9.97. The van der Waals surface area contributed by atoms with Gasteiger partial charge in [-0.05, 0) is 13.0 Å². The molecule has 0 amide bonds. The van der Waals surface area contributed by atoms with Crippen molar-refractivity contribution in [3.8, 4) is 11.3 Å². The van der Waals surface area contributed by atoms with E-state index in [0.29, 0.717) is 5.56 Å². The second-order valence-corrected chi connectivity index (χ2v) is 2.98. The van der Waals surface area contributed by atoms with Crippen LogP contribution in [0.25, 0.3) is 11.3 Å². The first-order chi connectivity index (χ1) is 6.81. The van der Waals surface area contributed by atoms with Crippen molar-refractivity contribution in [1.29, 1.82) is 0 Å². The summed E-state index contributed by atoms with van der Waals surface area (Å²) in [5.74, 6) is 0. The third-order valence-electron chi connectivity index (χ3n) is 1.99. The summed E-state index contributed by atoms with van der Waals surface area (Å²) in [6.45, 7) is 3.72. The lowest BCUT2D eigenvalue weighted by molar-refractivity contribution is 0.112. The van der Waals surface area contributed by atoms with Crippen LogP contribution in [-0.4, -0.2) is 16.5 Å². The van der Waals surface area contributed by atoms with E-state index in [2.05, 4.69) is 17.1 Å². The maximum Gasteiger partial charge on any atom is 0.150 e. The standard InChI is InChI=1S/C11H9N2O/c1-8-6-11(13-12-8)10-5-3-2-4-9(10)7-14/h2-7H,1H2,(H,12,13). The molecule has 0 fully saturated rings. The minimum absolute atomic E-state index is 0.638. The molecule has 0 unspecified atom stereocenters. The number of benzene rings is 1. The Bertz CT molecular complexity index is 460. The number of aromatic nitrogens is 2. The van der Waals surface area contributed by atoms with Crippen molar-refractivity contribution in [2.24, 2.45) is 0 Å². The van der Waals surface area contributed by atoms with Crippen LogP contribution in [0.1, 0.15) is 16.1 Å². The van der Waals surface area contributed by atoms with Crippen LogP contribution in [0.2, 0.25) is 0 Å². The van der Waals surface area contributed by atoms with Crippen molar-refractivity contribution in [2.45, 2.75) is 0 Å². The average molecular weight is 185 g/mol. The molecule has 14 heavy (non-hydrogen) atoms. The zero-order valence-corrected chi connectivity index (χ0v) is 7.53. The monoisotopic (exact) mass is 185 g/mol. The summed E-state index contributed by atoms with van der Waals surface area (Å²) in [5, 5.41) is 6.79. The summed E-state index contributed by atoms with van der Waals surface area (Å²) in [6, 6.07) is 9.13. The van der Waals surface area contributed by atoms with Gasteiger partial charge in [-0.15, -0.1) is 0 Å². The smallest absolute Gasteiger partial charge is 0.150 e. The number of rotatable bonds is 2. The Morgan fingerprint density at radius 1 is 1.36 bits per heavy atom. The van der Waals surface area contributed by atoms with Crippen molar-refractivity contribution in [3.63, 3.8) is 0 Å². The zero-order valence-electron chi connectivity index (χ0n) is 7.53. The topological polar surface area (TPSA) is 45.8 Å². The number of aromatic amines is 1. The van der Waals surface area contributed by atoms with Crippen molar-refractivity contribution in [2.75, 3.05) is 0 Å². The maximum atomic E-state index is 10.8. The highest BCUT2D eigenvalue weighted by Crippen LogP contribution is 2.20. The van der Waals surface area contributed by atoms with Crippen LogP contribution >= 0.6 is 0 Å². The second kappa shape index (κ2) is 3.46. The van der Waals surface area contributed by atoms with Gasteiger partial charge in [-0.1, -0.05) is 24.3 Å². The Balaban J connectivity index is 2.55. The summed E-state index contributed by atoms with van der Waals surface area (Å²) >= 11 is 0.